The number of nitrogens with one attached hydrogen (secondary N) is 1. The molecule has 1 unspecified atom stereocenters. The normalized spacial score (nSPS) is 12.6. The van der Waals surface area contributed by atoms with Crippen LogP contribution in [0.5, 0.6) is 0 Å². The third-order valence-electron chi connectivity index (χ3n) is 2.80. The van der Waals surface area contributed by atoms with Crippen LogP contribution in [0.25, 0.3) is 10.9 Å². The van der Waals surface area contributed by atoms with Gasteiger partial charge in [0.1, 0.15) is 0 Å². The summed E-state index contributed by atoms with van der Waals surface area (Å²) in [6, 6.07) is 7.75. The van der Waals surface area contributed by atoms with E-state index in [0.717, 1.165) is 36.0 Å². The summed E-state index contributed by atoms with van der Waals surface area (Å²) in [5.41, 5.74) is 2.01. The van der Waals surface area contributed by atoms with Crippen LogP contribution in [0, 0.1) is 0 Å². The van der Waals surface area contributed by atoms with Gasteiger partial charge >= 0.3 is 0 Å². The fourth-order valence-electron chi connectivity index (χ4n) is 1.88. The zero-order chi connectivity index (χ0) is 13.0. The van der Waals surface area contributed by atoms with Gasteiger partial charge in [-0.25, -0.2) is 0 Å². The number of benzene rings is 1. The van der Waals surface area contributed by atoms with Crippen molar-refractivity contribution in [2.75, 3.05) is 11.9 Å². The quantitative estimate of drug-likeness (QED) is 0.635. The molecule has 1 aromatic heterocycles. The highest BCUT2D eigenvalue weighted by molar-refractivity contribution is 6.31. The second kappa shape index (κ2) is 6.26. The highest BCUT2D eigenvalue weighted by atomic mass is 35.5. The first-order valence-corrected chi connectivity index (χ1v) is 6.90. The van der Waals surface area contributed by atoms with Crippen LogP contribution in [0.3, 0.4) is 0 Å². The lowest BCUT2D eigenvalue weighted by Gasteiger charge is -2.10. The SMILES string of the molecule is CC(Cl)CCCNc1ccnc2cc(Cl)ccc12. The van der Waals surface area contributed by atoms with Gasteiger partial charge in [-0.2, -0.15) is 0 Å². The van der Waals surface area contributed by atoms with Crippen LogP contribution in [-0.2, 0) is 0 Å². The molecule has 0 spiro atoms. The van der Waals surface area contributed by atoms with Crippen LogP contribution >= 0.6 is 23.2 Å². The van der Waals surface area contributed by atoms with Gasteiger partial charge in [0.15, 0.2) is 0 Å². The first-order valence-electron chi connectivity index (χ1n) is 6.09. The molecule has 1 atom stereocenters. The van der Waals surface area contributed by atoms with Crippen molar-refractivity contribution in [2.24, 2.45) is 0 Å². The van der Waals surface area contributed by atoms with E-state index in [4.69, 9.17) is 23.2 Å². The summed E-state index contributed by atoms with van der Waals surface area (Å²) in [6.07, 6.45) is 3.87. The van der Waals surface area contributed by atoms with Gasteiger partial charge in [0, 0.05) is 34.2 Å². The van der Waals surface area contributed by atoms with Gasteiger partial charge < -0.3 is 5.32 Å². The van der Waals surface area contributed by atoms with Crippen molar-refractivity contribution < 1.29 is 0 Å². The van der Waals surface area contributed by atoms with Gasteiger partial charge in [0.25, 0.3) is 0 Å². The summed E-state index contributed by atoms with van der Waals surface area (Å²) < 4.78 is 0. The van der Waals surface area contributed by atoms with Crippen molar-refractivity contribution in [3.8, 4) is 0 Å². The van der Waals surface area contributed by atoms with E-state index in [9.17, 15) is 0 Å². The maximum atomic E-state index is 5.96. The fraction of sp³-hybridized carbons (Fsp3) is 0.357. The van der Waals surface area contributed by atoms with E-state index in [0.29, 0.717) is 5.02 Å². The Labute approximate surface area is 117 Å². The molecule has 96 valence electrons. The molecule has 18 heavy (non-hydrogen) atoms. The van der Waals surface area contributed by atoms with Gasteiger partial charge in [0.05, 0.1) is 5.52 Å². The molecule has 1 aromatic carbocycles. The Kier molecular flexibility index (Phi) is 4.67. The molecule has 2 nitrogen and oxygen atoms in total. The maximum Gasteiger partial charge on any atom is 0.0737 e. The fourth-order valence-corrected chi connectivity index (χ4v) is 2.20. The van der Waals surface area contributed by atoms with E-state index >= 15 is 0 Å². The summed E-state index contributed by atoms with van der Waals surface area (Å²) in [6.45, 7) is 2.93. The lowest BCUT2D eigenvalue weighted by atomic mass is 10.2. The van der Waals surface area contributed by atoms with Crippen molar-refractivity contribution in [1.29, 1.82) is 0 Å². The van der Waals surface area contributed by atoms with Gasteiger partial charge in [0.2, 0.25) is 0 Å². The summed E-state index contributed by atoms with van der Waals surface area (Å²) in [5, 5.41) is 5.47. The Morgan fingerprint density at radius 1 is 1.33 bits per heavy atom. The average Bonchev–Trinajstić information content (AvgIpc) is 2.34. The Morgan fingerprint density at radius 2 is 2.17 bits per heavy atom. The number of anilines is 1. The number of aromatic nitrogens is 1. The van der Waals surface area contributed by atoms with E-state index in [1.807, 2.05) is 31.2 Å². The first-order chi connectivity index (χ1) is 8.66. The van der Waals surface area contributed by atoms with Crippen molar-refractivity contribution in [3.05, 3.63) is 35.5 Å². The lowest BCUT2D eigenvalue weighted by molar-refractivity contribution is 0.751. The second-order valence-corrected chi connectivity index (χ2v) is 5.55. The molecule has 0 radical (unpaired) electrons. The number of hydrogen-bond acceptors (Lipinski definition) is 2. The number of halogens is 2. The smallest absolute Gasteiger partial charge is 0.0737 e. The lowest BCUT2D eigenvalue weighted by Crippen LogP contribution is -2.04. The Balaban J connectivity index is 2.08. The standard InChI is InChI=1S/C14H16Cl2N2/c1-10(15)3-2-7-17-13-6-8-18-14-9-11(16)4-5-12(13)14/h4-6,8-10H,2-3,7H2,1H3,(H,17,18). The van der Waals surface area contributed by atoms with Gasteiger partial charge in [-0.3, -0.25) is 4.98 Å². The van der Waals surface area contributed by atoms with E-state index in [2.05, 4.69) is 10.3 Å². The zero-order valence-corrected chi connectivity index (χ0v) is 11.8. The first kappa shape index (κ1) is 13.4. The van der Waals surface area contributed by atoms with Crippen LogP contribution in [0.1, 0.15) is 19.8 Å². The molecule has 1 N–H and O–H groups in total. The number of alkyl halides is 1. The zero-order valence-electron chi connectivity index (χ0n) is 10.3. The minimum atomic E-state index is 0.236. The topological polar surface area (TPSA) is 24.9 Å². The number of pyridine rings is 1. The number of rotatable bonds is 5. The van der Waals surface area contributed by atoms with Crippen LogP contribution in [0.2, 0.25) is 5.02 Å². The summed E-state index contributed by atoms with van der Waals surface area (Å²) >= 11 is 11.9. The number of hydrogen-bond donors (Lipinski definition) is 1. The average molecular weight is 283 g/mol. The van der Waals surface area contributed by atoms with Crippen molar-refractivity contribution in [3.63, 3.8) is 0 Å². The molecule has 2 aromatic rings. The van der Waals surface area contributed by atoms with Crippen LogP contribution < -0.4 is 5.32 Å². The molecule has 1 heterocycles. The molecule has 0 saturated carbocycles. The van der Waals surface area contributed by atoms with Crippen molar-refractivity contribution in [1.82, 2.24) is 4.98 Å². The molecule has 0 bridgehead atoms. The van der Waals surface area contributed by atoms with Gasteiger partial charge in [-0.1, -0.05) is 11.6 Å². The van der Waals surface area contributed by atoms with Gasteiger partial charge in [-0.15, -0.1) is 11.6 Å². The monoisotopic (exact) mass is 282 g/mol. The van der Waals surface area contributed by atoms with Crippen LogP contribution in [-0.4, -0.2) is 16.9 Å². The predicted molar refractivity (Wildman–Crippen MR) is 79.8 cm³/mol. The molecular weight excluding hydrogens is 267 g/mol. The molecule has 0 aliphatic rings. The Morgan fingerprint density at radius 3 is 2.94 bits per heavy atom. The maximum absolute atomic E-state index is 5.96. The van der Waals surface area contributed by atoms with E-state index in [1.54, 1.807) is 6.20 Å². The van der Waals surface area contributed by atoms with Crippen molar-refractivity contribution >= 4 is 39.8 Å². The minimum absolute atomic E-state index is 0.236. The Hall–Kier alpha value is -0.990. The third kappa shape index (κ3) is 3.50. The van der Waals surface area contributed by atoms with E-state index in [1.165, 1.54) is 0 Å². The third-order valence-corrected chi connectivity index (χ3v) is 3.25. The summed E-state index contributed by atoms with van der Waals surface area (Å²) in [4.78, 5) is 4.31. The molecule has 4 heteroatoms. The van der Waals surface area contributed by atoms with Crippen molar-refractivity contribution in [2.45, 2.75) is 25.1 Å². The molecule has 0 aliphatic heterocycles. The van der Waals surface area contributed by atoms with E-state index < -0.39 is 0 Å². The van der Waals surface area contributed by atoms with Gasteiger partial charge in [-0.05, 0) is 44.0 Å². The molecule has 0 amide bonds. The summed E-state index contributed by atoms with van der Waals surface area (Å²) in [7, 11) is 0. The number of nitrogens with zero attached hydrogens (tertiary/aromatic N) is 1. The highest BCUT2D eigenvalue weighted by Crippen LogP contribution is 2.24. The van der Waals surface area contributed by atoms with Crippen LogP contribution in [0.15, 0.2) is 30.5 Å². The molecular formula is C14H16Cl2N2. The molecule has 2 rings (SSSR count). The highest BCUT2D eigenvalue weighted by Gasteiger charge is 2.02. The Bertz CT molecular complexity index is 526. The molecule has 0 aliphatic carbocycles. The number of fused-ring (bicyclic) bond motifs is 1. The largest absolute Gasteiger partial charge is 0.384 e. The predicted octanol–water partition coefficient (Wildman–Crippen LogP) is 4.71. The molecule has 0 fully saturated rings. The van der Waals surface area contributed by atoms with E-state index in [-0.39, 0.29) is 5.38 Å². The molecule has 0 saturated heterocycles. The minimum Gasteiger partial charge on any atom is -0.384 e. The second-order valence-electron chi connectivity index (χ2n) is 4.37. The summed E-state index contributed by atoms with van der Waals surface area (Å²) in [5.74, 6) is 0. The van der Waals surface area contributed by atoms with Crippen LogP contribution in [0.4, 0.5) is 5.69 Å².